The van der Waals surface area contributed by atoms with Crippen molar-refractivity contribution in [2.45, 2.75) is 20.0 Å². The molecule has 0 aliphatic heterocycles. The van der Waals surface area contributed by atoms with Gasteiger partial charge in [-0.25, -0.2) is 9.07 Å². The van der Waals surface area contributed by atoms with Gasteiger partial charge in [0.05, 0.1) is 25.0 Å². The molecule has 0 spiro atoms. The number of ether oxygens (including phenoxy) is 1. The van der Waals surface area contributed by atoms with Crippen molar-refractivity contribution >= 4 is 0 Å². The van der Waals surface area contributed by atoms with Gasteiger partial charge in [0, 0.05) is 20.2 Å². The molecule has 1 heterocycles. The fourth-order valence-corrected chi connectivity index (χ4v) is 1.87. The molecule has 0 saturated carbocycles. The Morgan fingerprint density at radius 1 is 1.40 bits per heavy atom. The molecule has 2 rings (SSSR count). The molecule has 0 aliphatic rings. The van der Waals surface area contributed by atoms with Gasteiger partial charge >= 0.3 is 0 Å². The summed E-state index contributed by atoms with van der Waals surface area (Å²) < 4.78 is 19.9. The van der Waals surface area contributed by atoms with Gasteiger partial charge in [0.15, 0.2) is 0 Å². The zero-order valence-electron chi connectivity index (χ0n) is 11.8. The summed E-state index contributed by atoms with van der Waals surface area (Å²) in [7, 11) is 1.67. The lowest BCUT2D eigenvalue weighted by Crippen LogP contribution is -2.18. The summed E-state index contributed by atoms with van der Waals surface area (Å²) in [6.45, 7) is 4.56. The van der Waals surface area contributed by atoms with Gasteiger partial charge in [-0.1, -0.05) is 11.3 Å². The first-order valence-corrected chi connectivity index (χ1v) is 6.52. The summed E-state index contributed by atoms with van der Waals surface area (Å²) in [5.41, 5.74) is 2.81. The molecule has 0 amide bonds. The molecule has 6 heteroatoms. The number of nitrogens with one attached hydrogen (secondary N) is 1. The van der Waals surface area contributed by atoms with E-state index in [1.54, 1.807) is 17.9 Å². The van der Waals surface area contributed by atoms with Gasteiger partial charge in [-0.3, -0.25) is 0 Å². The van der Waals surface area contributed by atoms with Gasteiger partial charge < -0.3 is 10.1 Å². The van der Waals surface area contributed by atoms with Crippen molar-refractivity contribution in [1.29, 1.82) is 0 Å². The van der Waals surface area contributed by atoms with Crippen LogP contribution >= 0.6 is 0 Å². The van der Waals surface area contributed by atoms with E-state index in [9.17, 15) is 4.39 Å². The van der Waals surface area contributed by atoms with Crippen molar-refractivity contribution in [3.05, 3.63) is 47.0 Å². The lowest BCUT2D eigenvalue weighted by molar-refractivity contribution is 0.199. The molecule has 0 bridgehead atoms. The lowest BCUT2D eigenvalue weighted by atomic mass is 10.1. The van der Waals surface area contributed by atoms with Gasteiger partial charge in [0.25, 0.3) is 0 Å². The number of nitrogens with zero attached hydrogens (tertiary/aromatic N) is 3. The Labute approximate surface area is 117 Å². The molecule has 0 atom stereocenters. The van der Waals surface area contributed by atoms with E-state index in [4.69, 9.17) is 4.74 Å². The predicted molar refractivity (Wildman–Crippen MR) is 73.8 cm³/mol. The van der Waals surface area contributed by atoms with E-state index >= 15 is 0 Å². The molecule has 108 valence electrons. The Balaban J connectivity index is 1.93. The maximum Gasteiger partial charge on any atom is 0.123 e. The van der Waals surface area contributed by atoms with Crippen LogP contribution in [0.3, 0.4) is 0 Å². The fourth-order valence-electron chi connectivity index (χ4n) is 1.87. The molecule has 1 aromatic heterocycles. The Kier molecular flexibility index (Phi) is 5.20. The normalized spacial score (nSPS) is 10.9. The Bertz CT molecular complexity index is 556. The molecule has 0 unspecified atom stereocenters. The van der Waals surface area contributed by atoms with E-state index in [2.05, 4.69) is 15.6 Å². The van der Waals surface area contributed by atoms with Crippen LogP contribution < -0.4 is 5.32 Å². The SMILES string of the molecule is COCCNCc1cn(Cc2cc(F)ccc2C)nn1. The first-order chi connectivity index (χ1) is 9.69. The van der Waals surface area contributed by atoms with E-state index in [-0.39, 0.29) is 5.82 Å². The summed E-state index contributed by atoms with van der Waals surface area (Å²) in [4.78, 5) is 0. The lowest BCUT2D eigenvalue weighted by Gasteiger charge is -2.05. The number of hydrogen-bond donors (Lipinski definition) is 1. The van der Waals surface area contributed by atoms with Crippen LogP contribution in [-0.2, 0) is 17.8 Å². The van der Waals surface area contributed by atoms with E-state index in [0.717, 1.165) is 23.4 Å². The second kappa shape index (κ2) is 7.12. The third kappa shape index (κ3) is 4.11. The van der Waals surface area contributed by atoms with Gasteiger partial charge in [-0.15, -0.1) is 5.10 Å². The highest BCUT2D eigenvalue weighted by molar-refractivity contribution is 5.26. The van der Waals surface area contributed by atoms with E-state index < -0.39 is 0 Å². The van der Waals surface area contributed by atoms with Crippen LogP contribution in [0.1, 0.15) is 16.8 Å². The van der Waals surface area contributed by atoms with Crippen molar-refractivity contribution < 1.29 is 9.13 Å². The van der Waals surface area contributed by atoms with Crippen LogP contribution in [0.5, 0.6) is 0 Å². The molecule has 0 fully saturated rings. The van der Waals surface area contributed by atoms with Gasteiger partial charge in [0.2, 0.25) is 0 Å². The Hall–Kier alpha value is -1.79. The first kappa shape index (κ1) is 14.6. The number of methoxy groups -OCH3 is 1. The maximum absolute atomic E-state index is 13.2. The van der Waals surface area contributed by atoms with Gasteiger partial charge in [-0.2, -0.15) is 0 Å². The Morgan fingerprint density at radius 2 is 2.25 bits per heavy atom. The summed E-state index contributed by atoms with van der Waals surface area (Å²) in [6.07, 6.45) is 1.87. The molecule has 0 radical (unpaired) electrons. The number of aromatic nitrogens is 3. The standard InChI is InChI=1S/C14H19FN4O/c1-11-3-4-13(15)7-12(11)9-19-10-14(17-18-19)8-16-5-6-20-2/h3-4,7,10,16H,5-6,8-9H2,1-2H3. The van der Waals surface area contributed by atoms with Crippen LogP contribution in [0.4, 0.5) is 4.39 Å². The monoisotopic (exact) mass is 278 g/mol. The highest BCUT2D eigenvalue weighted by Gasteiger charge is 2.04. The summed E-state index contributed by atoms with van der Waals surface area (Å²) in [6, 6.07) is 4.77. The number of hydrogen-bond acceptors (Lipinski definition) is 4. The third-order valence-electron chi connectivity index (χ3n) is 3.02. The number of halogens is 1. The van der Waals surface area contributed by atoms with Crippen LogP contribution in [0.2, 0.25) is 0 Å². The van der Waals surface area contributed by atoms with Crippen molar-refractivity contribution in [2.75, 3.05) is 20.3 Å². The van der Waals surface area contributed by atoms with Crippen LogP contribution in [-0.4, -0.2) is 35.3 Å². The molecule has 1 aromatic carbocycles. The predicted octanol–water partition coefficient (Wildman–Crippen LogP) is 1.51. The Morgan fingerprint density at radius 3 is 3.05 bits per heavy atom. The average Bonchev–Trinajstić information content (AvgIpc) is 2.87. The average molecular weight is 278 g/mol. The van der Waals surface area contributed by atoms with Gasteiger partial charge in [0.1, 0.15) is 5.82 Å². The summed E-state index contributed by atoms with van der Waals surface area (Å²) >= 11 is 0. The maximum atomic E-state index is 13.2. The zero-order valence-corrected chi connectivity index (χ0v) is 11.8. The smallest absolute Gasteiger partial charge is 0.123 e. The van der Waals surface area contributed by atoms with Crippen LogP contribution in [0, 0.1) is 12.7 Å². The van der Waals surface area contributed by atoms with Crippen molar-refractivity contribution in [1.82, 2.24) is 20.3 Å². The largest absolute Gasteiger partial charge is 0.383 e. The third-order valence-corrected chi connectivity index (χ3v) is 3.02. The zero-order chi connectivity index (χ0) is 14.4. The first-order valence-electron chi connectivity index (χ1n) is 6.52. The molecule has 20 heavy (non-hydrogen) atoms. The minimum absolute atomic E-state index is 0.229. The van der Waals surface area contributed by atoms with Crippen LogP contribution in [0.15, 0.2) is 24.4 Å². The van der Waals surface area contributed by atoms with Crippen molar-refractivity contribution in [3.8, 4) is 0 Å². The highest BCUT2D eigenvalue weighted by Crippen LogP contribution is 2.11. The summed E-state index contributed by atoms with van der Waals surface area (Å²) in [5.74, 6) is -0.229. The minimum atomic E-state index is -0.229. The fraction of sp³-hybridized carbons (Fsp3) is 0.429. The molecular formula is C14H19FN4O. The number of benzene rings is 1. The molecule has 5 nitrogen and oxygen atoms in total. The van der Waals surface area contributed by atoms with Crippen molar-refractivity contribution in [3.63, 3.8) is 0 Å². The topological polar surface area (TPSA) is 52.0 Å². The minimum Gasteiger partial charge on any atom is -0.383 e. The molecular weight excluding hydrogens is 259 g/mol. The highest BCUT2D eigenvalue weighted by atomic mass is 19.1. The quantitative estimate of drug-likeness (QED) is 0.780. The van der Waals surface area contributed by atoms with E-state index in [1.165, 1.54) is 12.1 Å². The van der Waals surface area contributed by atoms with E-state index in [1.807, 2.05) is 13.1 Å². The molecule has 0 saturated heterocycles. The molecule has 2 aromatic rings. The number of aryl methyl sites for hydroxylation is 1. The number of rotatable bonds is 7. The summed E-state index contributed by atoms with van der Waals surface area (Å²) in [5, 5.41) is 11.3. The second-order valence-corrected chi connectivity index (χ2v) is 4.65. The van der Waals surface area contributed by atoms with Gasteiger partial charge in [-0.05, 0) is 30.2 Å². The van der Waals surface area contributed by atoms with E-state index in [0.29, 0.717) is 19.7 Å². The molecule has 0 aliphatic carbocycles. The second-order valence-electron chi connectivity index (χ2n) is 4.65. The molecule has 1 N–H and O–H groups in total. The van der Waals surface area contributed by atoms with Crippen molar-refractivity contribution in [2.24, 2.45) is 0 Å². The van der Waals surface area contributed by atoms with Crippen LogP contribution in [0.25, 0.3) is 0 Å².